The molecule has 4 aromatic rings. The maximum atomic E-state index is 2.45. The summed E-state index contributed by atoms with van der Waals surface area (Å²) in [5.41, 5.74) is 11.6. The molecule has 6 rings (SSSR count). The summed E-state index contributed by atoms with van der Waals surface area (Å²) in [6.45, 7) is 0. The fraction of sp³-hybridized carbons (Fsp3) is 0.0833. The van der Waals surface area contributed by atoms with E-state index in [4.69, 9.17) is 0 Å². The van der Waals surface area contributed by atoms with Gasteiger partial charge in [0.25, 0.3) is 0 Å². The van der Waals surface area contributed by atoms with Crippen LogP contribution in [0.5, 0.6) is 0 Å². The minimum absolute atomic E-state index is 1.06. The van der Waals surface area contributed by atoms with Crippen molar-refractivity contribution >= 4 is 10.8 Å². The van der Waals surface area contributed by atoms with Crippen molar-refractivity contribution in [1.29, 1.82) is 0 Å². The molecule has 0 aromatic heterocycles. The van der Waals surface area contributed by atoms with Crippen molar-refractivity contribution in [1.82, 2.24) is 0 Å². The molecule has 0 aliphatic heterocycles. The average molecular weight is 304 g/mol. The van der Waals surface area contributed by atoms with Crippen LogP contribution in [0.25, 0.3) is 33.0 Å². The Bertz CT molecular complexity index is 1140. The number of hydrogen-bond acceptors (Lipinski definition) is 0. The highest BCUT2D eigenvalue weighted by Gasteiger charge is 2.23. The third-order valence-electron chi connectivity index (χ3n) is 5.72. The van der Waals surface area contributed by atoms with Gasteiger partial charge in [0.1, 0.15) is 0 Å². The predicted octanol–water partition coefficient (Wildman–Crippen LogP) is 5.98. The van der Waals surface area contributed by atoms with E-state index in [0.717, 1.165) is 12.8 Å². The Hall–Kier alpha value is -2.86. The molecule has 0 radical (unpaired) electrons. The van der Waals surface area contributed by atoms with Crippen molar-refractivity contribution in [2.75, 3.05) is 0 Å². The van der Waals surface area contributed by atoms with E-state index in [9.17, 15) is 0 Å². The summed E-state index contributed by atoms with van der Waals surface area (Å²) >= 11 is 0. The number of fused-ring (bicyclic) bond motifs is 8. The quantitative estimate of drug-likeness (QED) is 0.324. The molecule has 0 unspecified atom stereocenters. The largest absolute Gasteiger partial charge is 0.0619 e. The van der Waals surface area contributed by atoms with Crippen molar-refractivity contribution in [3.05, 3.63) is 95.1 Å². The second-order valence-electron chi connectivity index (χ2n) is 6.99. The Balaban J connectivity index is 1.63. The van der Waals surface area contributed by atoms with E-state index in [0.29, 0.717) is 0 Å². The molecular formula is C24H16. The van der Waals surface area contributed by atoms with Crippen LogP contribution < -0.4 is 0 Å². The Morgan fingerprint density at radius 1 is 0.500 bits per heavy atom. The monoisotopic (exact) mass is 304 g/mol. The van der Waals surface area contributed by atoms with Crippen LogP contribution in [0.1, 0.15) is 22.3 Å². The molecule has 0 saturated carbocycles. The molecule has 24 heavy (non-hydrogen) atoms. The molecule has 2 aliphatic rings. The van der Waals surface area contributed by atoms with Crippen LogP contribution in [0.3, 0.4) is 0 Å². The van der Waals surface area contributed by atoms with Gasteiger partial charge in [0.05, 0.1) is 0 Å². The summed E-state index contributed by atoms with van der Waals surface area (Å²) in [5.74, 6) is 0. The molecule has 0 amide bonds. The number of rotatable bonds is 0. The average Bonchev–Trinajstić information content (AvgIpc) is 3.18. The maximum absolute atomic E-state index is 2.45. The highest BCUT2D eigenvalue weighted by Crippen LogP contribution is 2.44. The van der Waals surface area contributed by atoms with Crippen molar-refractivity contribution in [3.63, 3.8) is 0 Å². The first-order valence-electron chi connectivity index (χ1n) is 8.63. The van der Waals surface area contributed by atoms with E-state index >= 15 is 0 Å². The van der Waals surface area contributed by atoms with E-state index in [1.807, 2.05) is 0 Å². The standard InChI is InChI=1S/C24H16/c1-4-8-20-15(5-1)11-18-14-22-17(12-23(18)20)9-10-21-19-7-3-2-6-16(19)13-24(21)22/h1-10,12,14H,11,13H2. The predicted molar refractivity (Wildman–Crippen MR) is 100 cm³/mol. The van der Waals surface area contributed by atoms with Crippen LogP contribution in [0.15, 0.2) is 72.8 Å². The summed E-state index contributed by atoms with van der Waals surface area (Å²) < 4.78 is 0. The second-order valence-corrected chi connectivity index (χ2v) is 6.99. The third-order valence-corrected chi connectivity index (χ3v) is 5.72. The molecule has 0 N–H and O–H groups in total. The van der Waals surface area contributed by atoms with Gasteiger partial charge in [0.15, 0.2) is 0 Å². The van der Waals surface area contributed by atoms with Gasteiger partial charge >= 0.3 is 0 Å². The molecule has 0 heteroatoms. The first-order chi connectivity index (χ1) is 11.9. The highest BCUT2D eigenvalue weighted by atomic mass is 14.3. The zero-order valence-corrected chi connectivity index (χ0v) is 13.3. The van der Waals surface area contributed by atoms with Crippen LogP contribution >= 0.6 is 0 Å². The fourth-order valence-corrected chi connectivity index (χ4v) is 4.59. The Morgan fingerprint density at radius 3 is 2.04 bits per heavy atom. The molecule has 0 atom stereocenters. The molecule has 112 valence electrons. The van der Waals surface area contributed by atoms with Gasteiger partial charge in [-0.2, -0.15) is 0 Å². The van der Waals surface area contributed by atoms with Crippen LogP contribution in [-0.4, -0.2) is 0 Å². The van der Waals surface area contributed by atoms with Gasteiger partial charge in [-0.05, 0) is 80.3 Å². The van der Waals surface area contributed by atoms with Crippen molar-refractivity contribution < 1.29 is 0 Å². The smallest absolute Gasteiger partial charge is 0.000728 e. The zero-order valence-electron chi connectivity index (χ0n) is 13.3. The lowest BCUT2D eigenvalue weighted by Gasteiger charge is -2.09. The molecule has 0 fully saturated rings. The van der Waals surface area contributed by atoms with Gasteiger partial charge in [0.2, 0.25) is 0 Å². The summed E-state index contributed by atoms with van der Waals surface area (Å²) in [7, 11) is 0. The van der Waals surface area contributed by atoms with Crippen LogP contribution in [0, 0.1) is 0 Å². The van der Waals surface area contributed by atoms with Crippen LogP contribution in [0.4, 0.5) is 0 Å². The van der Waals surface area contributed by atoms with E-state index < -0.39 is 0 Å². The minimum Gasteiger partial charge on any atom is -0.0619 e. The molecule has 0 nitrogen and oxygen atoms in total. The van der Waals surface area contributed by atoms with Gasteiger partial charge in [0, 0.05) is 0 Å². The SMILES string of the molecule is c1ccc2c(c1)Cc1cc3c4c(ccc3cc1-2)-c1ccccc1C4. The lowest BCUT2D eigenvalue weighted by molar-refractivity contribution is 1.26. The van der Waals surface area contributed by atoms with Gasteiger partial charge in [-0.1, -0.05) is 60.7 Å². The molecule has 0 heterocycles. The van der Waals surface area contributed by atoms with Crippen LogP contribution in [-0.2, 0) is 12.8 Å². The molecule has 0 saturated heterocycles. The molecule has 0 spiro atoms. The van der Waals surface area contributed by atoms with Gasteiger partial charge in [-0.25, -0.2) is 0 Å². The Morgan fingerprint density at radius 2 is 1.21 bits per heavy atom. The summed E-state index contributed by atoms with van der Waals surface area (Å²) in [6, 6.07) is 27.1. The van der Waals surface area contributed by atoms with Crippen LogP contribution in [0.2, 0.25) is 0 Å². The van der Waals surface area contributed by atoms with Crippen molar-refractivity contribution in [3.8, 4) is 22.3 Å². The van der Waals surface area contributed by atoms with E-state index in [-0.39, 0.29) is 0 Å². The summed E-state index contributed by atoms with van der Waals surface area (Å²) in [4.78, 5) is 0. The normalized spacial score (nSPS) is 13.5. The Labute approximate surface area is 141 Å². The van der Waals surface area contributed by atoms with Gasteiger partial charge < -0.3 is 0 Å². The molecule has 0 bridgehead atoms. The lowest BCUT2D eigenvalue weighted by atomic mass is 9.95. The second kappa shape index (κ2) is 4.36. The summed E-state index contributed by atoms with van der Waals surface area (Å²) in [6.07, 6.45) is 2.13. The first kappa shape index (κ1) is 12.5. The molecular weight excluding hydrogens is 288 g/mol. The molecule has 4 aromatic carbocycles. The van der Waals surface area contributed by atoms with Crippen molar-refractivity contribution in [2.24, 2.45) is 0 Å². The summed E-state index contributed by atoms with van der Waals surface area (Å²) in [5, 5.41) is 2.81. The van der Waals surface area contributed by atoms with E-state index in [1.165, 1.54) is 55.3 Å². The van der Waals surface area contributed by atoms with E-state index in [1.54, 1.807) is 0 Å². The maximum Gasteiger partial charge on any atom is -0.000728 e. The van der Waals surface area contributed by atoms with Gasteiger partial charge in [-0.15, -0.1) is 0 Å². The third kappa shape index (κ3) is 1.53. The minimum atomic E-state index is 1.06. The van der Waals surface area contributed by atoms with E-state index in [2.05, 4.69) is 72.8 Å². The fourth-order valence-electron chi connectivity index (χ4n) is 4.59. The molecule has 2 aliphatic carbocycles. The number of hydrogen-bond donors (Lipinski definition) is 0. The topological polar surface area (TPSA) is 0 Å². The first-order valence-corrected chi connectivity index (χ1v) is 8.63. The lowest BCUT2D eigenvalue weighted by Crippen LogP contribution is -1.88. The Kier molecular flexibility index (Phi) is 2.28. The zero-order chi connectivity index (χ0) is 15.7. The van der Waals surface area contributed by atoms with Gasteiger partial charge in [-0.3, -0.25) is 0 Å². The van der Waals surface area contributed by atoms with Crippen molar-refractivity contribution in [2.45, 2.75) is 12.8 Å². The highest BCUT2D eigenvalue weighted by molar-refractivity contribution is 5.99. The number of benzene rings is 4.